The highest BCUT2D eigenvalue weighted by Crippen LogP contribution is 2.22. The van der Waals surface area contributed by atoms with Crippen LogP contribution in [0.2, 0.25) is 0 Å². The number of aliphatic hydroxyl groups is 1. The maximum atomic E-state index is 13.6. The Kier molecular flexibility index (Phi) is 12.3. The Morgan fingerprint density at radius 2 is 1.20 bits per heavy atom. The fraction of sp³-hybridized carbons (Fsp3) is 0.270. The molecule has 4 aromatic carbocycles. The molecule has 0 aliphatic rings. The highest BCUT2D eigenvalue weighted by molar-refractivity contribution is 5.84. The molecule has 0 spiro atoms. The van der Waals surface area contributed by atoms with E-state index in [0.29, 0.717) is 5.69 Å². The molecule has 0 fully saturated rings. The number of nitrogens with one attached hydrogen (secondary N) is 1. The summed E-state index contributed by atoms with van der Waals surface area (Å²) < 4.78 is 10.9. The standard InChI is InChI=1S/C37H41N3O6/c1-26(2)22-40(23-34(41)36(43)46-25-29-11-7-4-8-12-29)37(44)39-33(35(42)45-24-28-9-5-3-6-10-28)21-27-13-15-30(16-14-27)31-17-19-32(38)20-18-31/h3-20,26,33-34,41H,21-25,38H2,1-2H3,(H,39,44). The van der Waals surface area contributed by atoms with Crippen LogP contribution < -0.4 is 11.1 Å². The molecule has 0 aromatic heterocycles. The Bertz CT molecular complexity index is 1540. The largest absolute Gasteiger partial charge is 0.459 e. The lowest BCUT2D eigenvalue weighted by atomic mass is 10.0. The van der Waals surface area contributed by atoms with Crippen LogP contribution in [0.25, 0.3) is 11.1 Å². The number of ether oxygens (including phenoxy) is 2. The van der Waals surface area contributed by atoms with Gasteiger partial charge in [0.15, 0.2) is 6.10 Å². The van der Waals surface area contributed by atoms with Crippen molar-refractivity contribution in [2.75, 3.05) is 18.8 Å². The van der Waals surface area contributed by atoms with Gasteiger partial charge in [-0.25, -0.2) is 14.4 Å². The normalized spacial score (nSPS) is 12.2. The van der Waals surface area contributed by atoms with E-state index < -0.39 is 30.1 Å². The Morgan fingerprint density at radius 3 is 1.72 bits per heavy atom. The zero-order valence-corrected chi connectivity index (χ0v) is 26.2. The number of rotatable bonds is 14. The molecular formula is C37H41N3O6. The van der Waals surface area contributed by atoms with E-state index in [1.165, 1.54) is 4.90 Å². The fourth-order valence-electron chi connectivity index (χ4n) is 4.80. The molecule has 0 aliphatic heterocycles. The molecule has 4 aromatic rings. The third kappa shape index (κ3) is 10.5. The van der Waals surface area contributed by atoms with Crippen molar-refractivity contribution in [3.8, 4) is 11.1 Å². The van der Waals surface area contributed by atoms with Crippen molar-refractivity contribution in [3.05, 3.63) is 126 Å². The summed E-state index contributed by atoms with van der Waals surface area (Å²) in [6, 6.07) is 32.0. The summed E-state index contributed by atoms with van der Waals surface area (Å²) in [6.07, 6.45) is -1.41. The number of esters is 2. The van der Waals surface area contributed by atoms with Crippen LogP contribution in [0.4, 0.5) is 10.5 Å². The molecule has 2 unspecified atom stereocenters. The minimum absolute atomic E-state index is 0.000438. The Labute approximate surface area is 270 Å². The molecule has 9 nitrogen and oxygen atoms in total. The number of aliphatic hydroxyl groups excluding tert-OH is 1. The molecule has 9 heteroatoms. The SMILES string of the molecule is CC(C)CN(CC(O)C(=O)OCc1ccccc1)C(=O)NC(Cc1ccc(-c2ccc(N)cc2)cc1)C(=O)OCc1ccccc1. The molecule has 0 saturated heterocycles. The lowest BCUT2D eigenvalue weighted by Crippen LogP contribution is -2.52. The highest BCUT2D eigenvalue weighted by Gasteiger charge is 2.29. The number of urea groups is 1. The summed E-state index contributed by atoms with van der Waals surface area (Å²) in [5.41, 5.74) is 10.9. The lowest BCUT2D eigenvalue weighted by Gasteiger charge is -2.28. The second-order valence-corrected chi connectivity index (χ2v) is 11.5. The minimum atomic E-state index is -1.57. The average Bonchev–Trinajstić information content (AvgIpc) is 3.07. The van der Waals surface area contributed by atoms with Crippen LogP contribution in [0.1, 0.15) is 30.5 Å². The number of nitrogens with zero attached hydrogens (tertiary/aromatic N) is 1. The van der Waals surface area contributed by atoms with Crippen LogP contribution in [0.15, 0.2) is 109 Å². The number of hydrogen-bond acceptors (Lipinski definition) is 7. The van der Waals surface area contributed by atoms with Crippen molar-refractivity contribution in [2.24, 2.45) is 5.92 Å². The van der Waals surface area contributed by atoms with Gasteiger partial charge in [0.05, 0.1) is 6.54 Å². The van der Waals surface area contributed by atoms with Crippen LogP contribution >= 0.6 is 0 Å². The molecule has 2 amide bonds. The van der Waals surface area contributed by atoms with Crippen molar-refractivity contribution in [1.29, 1.82) is 0 Å². The van der Waals surface area contributed by atoms with Gasteiger partial charge in [-0.3, -0.25) is 0 Å². The predicted octanol–water partition coefficient (Wildman–Crippen LogP) is 5.36. The van der Waals surface area contributed by atoms with Crippen LogP contribution in [-0.4, -0.2) is 53.2 Å². The molecule has 0 heterocycles. The Morgan fingerprint density at radius 1 is 0.696 bits per heavy atom. The van der Waals surface area contributed by atoms with Gasteiger partial charge in [-0.1, -0.05) is 111 Å². The molecular weight excluding hydrogens is 582 g/mol. The number of nitrogen functional groups attached to an aromatic ring is 1. The quantitative estimate of drug-likeness (QED) is 0.127. The summed E-state index contributed by atoms with van der Waals surface area (Å²) in [6.45, 7) is 3.79. The molecule has 240 valence electrons. The van der Waals surface area contributed by atoms with Gasteiger partial charge in [-0.15, -0.1) is 0 Å². The van der Waals surface area contributed by atoms with E-state index in [1.807, 2.05) is 111 Å². The number of nitrogens with two attached hydrogens (primary N) is 1. The Balaban J connectivity index is 1.46. The molecule has 46 heavy (non-hydrogen) atoms. The molecule has 2 atom stereocenters. The van der Waals surface area contributed by atoms with E-state index in [-0.39, 0.29) is 38.6 Å². The van der Waals surface area contributed by atoms with Crippen molar-refractivity contribution in [2.45, 2.75) is 45.6 Å². The number of amides is 2. The fourth-order valence-corrected chi connectivity index (χ4v) is 4.80. The Hall–Kier alpha value is -5.15. The van der Waals surface area contributed by atoms with Gasteiger partial charge in [-0.05, 0) is 45.9 Å². The first-order chi connectivity index (χ1) is 22.2. The number of anilines is 1. The summed E-state index contributed by atoms with van der Waals surface area (Å²) >= 11 is 0. The number of benzene rings is 4. The zero-order chi connectivity index (χ0) is 32.9. The smallest absolute Gasteiger partial charge is 0.337 e. The van der Waals surface area contributed by atoms with Crippen molar-refractivity contribution < 1.29 is 29.0 Å². The minimum Gasteiger partial charge on any atom is -0.459 e. The molecule has 0 saturated carbocycles. The van der Waals surface area contributed by atoms with Gasteiger partial charge in [0.1, 0.15) is 19.3 Å². The van der Waals surface area contributed by atoms with Gasteiger partial charge >= 0.3 is 18.0 Å². The zero-order valence-electron chi connectivity index (χ0n) is 26.2. The first-order valence-electron chi connectivity index (χ1n) is 15.3. The number of carbonyl (C=O) groups is 3. The van der Waals surface area contributed by atoms with Crippen LogP contribution in [-0.2, 0) is 38.7 Å². The monoisotopic (exact) mass is 623 g/mol. The molecule has 0 aliphatic carbocycles. The summed E-state index contributed by atoms with van der Waals surface area (Å²) in [4.78, 5) is 40.9. The van der Waals surface area contributed by atoms with Crippen LogP contribution in [0, 0.1) is 5.92 Å². The summed E-state index contributed by atoms with van der Waals surface area (Å²) in [5.74, 6) is -1.43. The van der Waals surface area contributed by atoms with E-state index in [2.05, 4.69) is 5.32 Å². The molecule has 0 bridgehead atoms. The second kappa shape index (κ2) is 16.8. The maximum Gasteiger partial charge on any atom is 0.337 e. The maximum absolute atomic E-state index is 13.6. The van der Waals surface area contributed by atoms with E-state index >= 15 is 0 Å². The highest BCUT2D eigenvalue weighted by atomic mass is 16.5. The van der Waals surface area contributed by atoms with E-state index in [0.717, 1.165) is 27.8 Å². The van der Waals surface area contributed by atoms with Gasteiger partial charge in [0.25, 0.3) is 0 Å². The van der Waals surface area contributed by atoms with Crippen molar-refractivity contribution in [1.82, 2.24) is 10.2 Å². The van der Waals surface area contributed by atoms with E-state index in [4.69, 9.17) is 15.2 Å². The van der Waals surface area contributed by atoms with Gasteiger partial charge in [0, 0.05) is 18.7 Å². The number of hydrogen-bond donors (Lipinski definition) is 3. The third-order valence-electron chi connectivity index (χ3n) is 7.21. The first kappa shape index (κ1) is 33.7. The van der Waals surface area contributed by atoms with Gasteiger partial charge in [-0.2, -0.15) is 0 Å². The predicted molar refractivity (Wildman–Crippen MR) is 177 cm³/mol. The number of carbonyl (C=O) groups excluding carboxylic acids is 3. The molecule has 4 N–H and O–H groups in total. The van der Waals surface area contributed by atoms with Crippen LogP contribution in [0.5, 0.6) is 0 Å². The van der Waals surface area contributed by atoms with Crippen molar-refractivity contribution in [3.63, 3.8) is 0 Å². The third-order valence-corrected chi connectivity index (χ3v) is 7.21. The van der Waals surface area contributed by atoms with E-state index in [1.54, 1.807) is 12.1 Å². The molecule has 0 radical (unpaired) electrons. The molecule has 4 rings (SSSR count). The van der Waals surface area contributed by atoms with Crippen LogP contribution in [0.3, 0.4) is 0 Å². The van der Waals surface area contributed by atoms with Gasteiger partial charge in [0.2, 0.25) is 0 Å². The van der Waals surface area contributed by atoms with E-state index in [9.17, 15) is 19.5 Å². The topological polar surface area (TPSA) is 131 Å². The summed E-state index contributed by atoms with van der Waals surface area (Å²) in [5, 5.41) is 13.5. The lowest BCUT2D eigenvalue weighted by molar-refractivity contribution is -0.155. The second-order valence-electron chi connectivity index (χ2n) is 11.5. The van der Waals surface area contributed by atoms with Crippen molar-refractivity contribution >= 4 is 23.7 Å². The first-order valence-corrected chi connectivity index (χ1v) is 15.3. The van der Waals surface area contributed by atoms with Gasteiger partial charge < -0.3 is 30.5 Å². The average molecular weight is 624 g/mol. The summed E-state index contributed by atoms with van der Waals surface area (Å²) in [7, 11) is 0.